The van der Waals surface area contributed by atoms with Crippen molar-refractivity contribution >= 4 is 33.5 Å². The Hall–Kier alpha value is -3.31. The Kier molecular flexibility index (Phi) is 8.00. The molecule has 1 aliphatic carbocycles. The summed E-state index contributed by atoms with van der Waals surface area (Å²) in [6.45, 7) is 2.44. The van der Waals surface area contributed by atoms with E-state index in [1.165, 1.54) is 12.1 Å². The summed E-state index contributed by atoms with van der Waals surface area (Å²) in [5.41, 5.74) is 0.522. The van der Waals surface area contributed by atoms with Gasteiger partial charge >= 0.3 is 5.97 Å². The van der Waals surface area contributed by atoms with Crippen LogP contribution in [-0.2, 0) is 24.3 Å². The van der Waals surface area contributed by atoms with Gasteiger partial charge in [-0.25, -0.2) is 12.8 Å². The quantitative estimate of drug-likeness (QED) is 0.437. The first-order chi connectivity index (χ1) is 16.1. The van der Waals surface area contributed by atoms with E-state index in [1.54, 1.807) is 38.1 Å². The lowest BCUT2D eigenvalue weighted by atomic mass is 10.1. The molecule has 9 nitrogen and oxygen atoms in total. The van der Waals surface area contributed by atoms with Crippen molar-refractivity contribution in [3.63, 3.8) is 0 Å². The number of sulfonamides is 1. The molecule has 3 N–H and O–H groups in total. The zero-order valence-corrected chi connectivity index (χ0v) is 19.5. The van der Waals surface area contributed by atoms with Crippen molar-refractivity contribution in [3.8, 4) is 0 Å². The molecule has 34 heavy (non-hydrogen) atoms. The summed E-state index contributed by atoms with van der Waals surface area (Å²) in [5.74, 6) is -3.54. The molecule has 0 radical (unpaired) electrons. The summed E-state index contributed by atoms with van der Waals surface area (Å²) in [6.07, 6.45) is 1.82. The van der Waals surface area contributed by atoms with Crippen LogP contribution in [0.1, 0.15) is 37.0 Å². The highest BCUT2D eigenvalue weighted by atomic mass is 32.2. The smallest absolute Gasteiger partial charge is 0.324 e. The maximum Gasteiger partial charge on any atom is 0.324 e. The Bertz CT molecular complexity index is 1180. The second kappa shape index (κ2) is 10.7. The van der Waals surface area contributed by atoms with Crippen molar-refractivity contribution < 1.29 is 31.9 Å². The Morgan fingerprint density at radius 3 is 2.35 bits per heavy atom. The molecular formula is C23H26FN3O6S. The van der Waals surface area contributed by atoms with Gasteiger partial charge in [0, 0.05) is 6.04 Å². The van der Waals surface area contributed by atoms with Crippen LogP contribution < -0.4 is 15.4 Å². The number of hydrogen-bond donors (Lipinski definition) is 3. The number of hydrogen-bond acceptors (Lipinski definition) is 6. The molecular weight excluding hydrogens is 465 g/mol. The maximum absolute atomic E-state index is 13.9. The van der Waals surface area contributed by atoms with Gasteiger partial charge in [0.05, 0.1) is 11.3 Å². The van der Waals surface area contributed by atoms with Gasteiger partial charge in [-0.1, -0.05) is 38.1 Å². The summed E-state index contributed by atoms with van der Waals surface area (Å²) in [4.78, 5) is 36.7. The van der Waals surface area contributed by atoms with Crippen molar-refractivity contribution in [2.75, 3.05) is 11.9 Å². The molecule has 3 rings (SSSR count). The van der Waals surface area contributed by atoms with Crippen molar-refractivity contribution in [2.24, 2.45) is 5.92 Å². The zero-order valence-electron chi connectivity index (χ0n) is 18.7. The molecule has 1 fully saturated rings. The first-order valence-corrected chi connectivity index (χ1v) is 12.2. The van der Waals surface area contributed by atoms with E-state index >= 15 is 0 Å². The first kappa shape index (κ1) is 25.3. The summed E-state index contributed by atoms with van der Waals surface area (Å²) in [5, 5.41) is 5.36. The molecule has 0 aromatic heterocycles. The number of rotatable bonds is 10. The third-order valence-corrected chi connectivity index (χ3v) is 6.51. The van der Waals surface area contributed by atoms with Gasteiger partial charge in [0.1, 0.15) is 16.8 Å². The van der Waals surface area contributed by atoms with E-state index < -0.39 is 51.2 Å². The fraction of sp³-hybridized carbons (Fsp3) is 0.348. The topological polar surface area (TPSA) is 131 Å². The van der Waals surface area contributed by atoms with Gasteiger partial charge in [0.2, 0.25) is 10.0 Å². The number of benzene rings is 2. The SMILES string of the molecule is CC(C)[C@H](NS(=O)(=O)c1ccccc1F)C(=O)OCC(=O)Nc1ccccc1C(=O)NC1CC1. The van der Waals surface area contributed by atoms with E-state index in [0.717, 1.165) is 25.0 Å². The molecule has 2 amide bonds. The summed E-state index contributed by atoms with van der Waals surface area (Å²) in [7, 11) is -4.36. The fourth-order valence-corrected chi connectivity index (χ4v) is 4.46. The van der Waals surface area contributed by atoms with Crippen molar-refractivity contribution in [1.29, 1.82) is 0 Å². The summed E-state index contributed by atoms with van der Waals surface area (Å²) >= 11 is 0. The predicted molar refractivity (Wildman–Crippen MR) is 122 cm³/mol. The lowest BCUT2D eigenvalue weighted by Gasteiger charge is -2.21. The van der Waals surface area contributed by atoms with Crippen molar-refractivity contribution in [2.45, 2.75) is 43.7 Å². The van der Waals surface area contributed by atoms with E-state index in [0.29, 0.717) is 0 Å². The molecule has 2 aromatic rings. The minimum atomic E-state index is -4.36. The minimum Gasteiger partial charge on any atom is -0.454 e. The maximum atomic E-state index is 13.9. The molecule has 0 bridgehead atoms. The van der Waals surface area contributed by atoms with Crippen LogP contribution in [0.5, 0.6) is 0 Å². The number of halogens is 1. The monoisotopic (exact) mass is 491 g/mol. The highest BCUT2D eigenvalue weighted by Gasteiger charge is 2.31. The van der Waals surface area contributed by atoms with Crippen LogP contribution >= 0.6 is 0 Å². The predicted octanol–water partition coefficient (Wildman–Crippen LogP) is 2.20. The Morgan fingerprint density at radius 1 is 1.06 bits per heavy atom. The van der Waals surface area contributed by atoms with Crippen LogP contribution in [0.15, 0.2) is 53.4 Å². The number of amides is 2. The van der Waals surface area contributed by atoms with Crippen molar-refractivity contribution in [1.82, 2.24) is 10.0 Å². The normalized spacial score (nSPS) is 14.4. The lowest BCUT2D eigenvalue weighted by molar-refractivity contribution is -0.150. The van der Waals surface area contributed by atoms with E-state index in [4.69, 9.17) is 4.74 Å². The zero-order chi connectivity index (χ0) is 24.9. The molecule has 0 heterocycles. The van der Waals surface area contributed by atoms with Crippen LogP contribution in [0.4, 0.5) is 10.1 Å². The molecule has 182 valence electrons. The van der Waals surface area contributed by atoms with Crippen LogP contribution in [0.2, 0.25) is 0 Å². The van der Waals surface area contributed by atoms with E-state index in [9.17, 15) is 27.2 Å². The van der Waals surface area contributed by atoms with Gasteiger partial charge in [0.15, 0.2) is 6.61 Å². The average Bonchev–Trinajstić information content (AvgIpc) is 3.60. The van der Waals surface area contributed by atoms with Gasteiger partial charge < -0.3 is 15.4 Å². The molecule has 0 aliphatic heterocycles. The van der Waals surface area contributed by atoms with Gasteiger partial charge in [0.25, 0.3) is 11.8 Å². The standard InChI is InChI=1S/C23H26FN3O6S/c1-14(2)21(27-34(31,32)19-10-6-4-8-17(19)24)23(30)33-13-20(28)26-18-9-5-3-7-16(18)22(29)25-15-11-12-15/h3-10,14-15,21,27H,11-13H2,1-2H3,(H,25,29)(H,26,28)/t21-/m0/s1. The second-order valence-corrected chi connectivity index (χ2v) is 9.91. The van der Waals surface area contributed by atoms with Gasteiger partial charge in [-0.3, -0.25) is 14.4 Å². The number of para-hydroxylation sites is 1. The Labute approximate surface area is 197 Å². The molecule has 2 aromatic carbocycles. The molecule has 0 unspecified atom stereocenters. The number of ether oxygens (including phenoxy) is 1. The van der Waals surface area contributed by atoms with Gasteiger partial charge in [-0.05, 0) is 43.0 Å². The Morgan fingerprint density at radius 2 is 1.71 bits per heavy atom. The van der Waals surface area contributed by atoms with E-state index in [2.05, 4.69) is 15.4 Å². The first-order valence-electron chi connectivity index (χ1n) is 10.7. The van der Waals surface area contributed by atoms with Crippen LogP contribution in [0.3, 0.4) is 0 Å². The van der Waals surface area contributed by atoms with E-state index in [-0.39, 0.29) is 23.2 Å². The Balaban J connectivity index is 1.62. The largest absolute Gasteiger partial charge is 0.454 e. The number of anilines is 1. The van der Waals surface area contributed by atoms with Crippen LogP contribution in [0.25, 0.3) is 0 Å². The van der Waals surface area contributed by atoms with Gasteiger partial charge in [-0.15, -0.1) is 0 Å². The minimum absolute atomic E-state index is 0.137. The summed E-state index contributed by atoms with van der Waals surface area (Å²) in [6, 6.07) is 9.95. The molecule has 1 saturated carbocycles. The third-order valence-electron chi connectivity index (χ3n) is 5.03. The van der Waals surface area contributed by atoms with Crippen LogP contribution in [-0.4, -0.2) is 44.9 Å². The average molecular weight is 492 g/mol. The molecule has 1 aliphatic rings. The molecule has 1 atom stereocenters. The van der Waals surface area contributed by atoms with Gasteiger partial charge in [-0.2, -0.15) is 4.72 Å². The number of esters is 1. The highest BCUT2D eigenvalue weighted by molar-refractivity contribution is 7.89. The number of carbonyl (C=O) groups excluding carboxylic acids is 3. The second-order valence-electron chi connectivity index (χ2n) is 8.22. The number of nitrogens with one attached hydrogen (secondary N) is 3. The highest BCUT2D eigenvalue weighted by Crippen LogP contribution is 2.22. The summed E-state index contributed by atoms with van der Waals surface area (Å²) < 4.78 is 46.2. The molecule has 11 heteroatoms. The lowest BCUT2D eigenvalue weighted by Crippen LogP contribution is -2.46. The van der Waals surface area contributed by atoms with E-state index in [1.807, 2.05) is 0 Å². The molecule has 0 saturated heterocycles. The van der Waals surface area contributed by atoms with Crippen LogP contribution in [0, 0.1) is 11.7 Å². The third kappa shape index (κ3) is 6.61. The fourth-order valence-electron chi connectivity index (χ4n) is 3.04. The van der Waals surface area contributed by atoms with Crippen molar-refractivity contribution in [3.05, 3.63) is 59.9 Å². The molecule has 0 spiro atoms. The number of carbonyl (C=O) groups is 3.